The van der Waals surface area contributed by atoms with Gasteiger partial charge in [-0.3, -0.25) is 9.59 Å². The molecule has 4 heteroatoms. The molecular formula is C26H23NO3. The van der Waals surface area contributed by atoms with Crippen molar-refractivity contribution in [1.82, 2.24) is 4.90 Å². The van der Waals surface area contributed by atoms with Crippen LogP contribution in [0, 0.1) is 6.92 Å². The van der Waals surface area contributed by atoms with Gasteiger partial charge in [-0.05, 0) is 24.5 Å². The molecule has 1 unspecified atom stereocenters. The monoisotopic (exact) mass is 397 g/mol. The first-order valence-electron chi connectivity index (χ1n) is 10.0. The third-order valence-electron chi connectivity index (χ3n) is 5.46. The molecule has 1 fully saturated rings. The van der Waals surface area contributed by atoms with Crippen LogP contribution in [0.15, 0.2) is 90.5 Å². The van der Waals surface area contributed by atoms with Crippen LogP contribution in [-0.4, -0.2) is 28.2 Å². The maximum Gasteiger partial charge on any atom is 0.295 e. The molecule has 0 aromatic heterocycles. The Labute approximate surface area is 176 Å². The van der Waals surface area contributed by atoms with Crippen molar-refractivity contribution in [3.8, 4) is 0 Å². The number of carbonyl (C=O) groups excluding carboxylic acids is 2. The zero-order valence-corrected chi connectivity index (χ0v) is 16.8. The number of aliphatic hydroxyl groups excluding tert-OH is 1. The van der Waals surface area contributed by atoms with Crippen LogP contribution in [0.1, 0.15) is 28.3 Å². The summed E-state index contributed by atoms with van der Waals surface area (Å²) >= 11 is 0. The quantitative estimate of drug-likeness (QED) is 0.387. The average molecular weight is 397 g/mol. The lowest BCUT2D eigenvalue weighted by molar-refractivity contribution is -0.139. The second-order valence-corrected chi connectivity index (χ2v) is 7.50. The van der Waals surface area contributed by atoms with Gasteiger partial charge in [-0.25, -0.2) is 0 Å². The second-order valence-electron chi connectivity index (χ2n) is 7.50. The number of hydrogen-bond acceptors (Lipinski definition) is 3. The highest BCUT2D eigenvalue weighted by atomic mass is 16.3. The Kier molecular flexibility index (Phi) is 5.48. The number of aryl methyl sites for hydroxylation is 1. The van der Waals surface area contributed by atoms with E-state index in [1.807, 2.05) is 79.7 Å². The summed E-state index contributed by atoms with van der Waals surface area (Å²) in [6, 6.07) is 25.9. The predicted molar refractivity (Wildman–Crippen MR) is 117 cm³/mol. The Morgan fingerprint density at radius 3 is 2.10 bits per heavy atom. The van der Waals surface area contributed by atoms with Crippen LogP contribution < -0.4 is 0 Å². The van der Waals surface area contributed by atoms with Crippen molar-refractivity contribution >= 4 is 17.4 Å². The van der Waals surface area contributed by atoms with Gasteiger partial charge in [0.1, 0.15) is 5.76 Å². The van der Waals surface area contributed by atoms with Crippen molar-refractivity contribution in [3.05, 3.63) is 113 Å². The molecule has 1 atom stereocenters. The van der Waals surface area contributed by atoms with Crippen LogP contribution in [0.3, 0.4) is 0 Å². The van der Waals surface area contributed by atoms with Gasteiger partial charge in [-0.1, -0.05) is 90.5 Å². The number of Topliss-reactive ketones (excluding diaryl/α,β-unsaturated/α-hetero) is 1. The van der Waals surface area contributed by atoms with E-state index in [0.29, 0.717) is 18.5 Å². The molecular weight excluding hydrogens is 374 g/mol. The summed E-state index contributed by atoms with van der Waals surface area (Å²) < 4.78 is 0. The Morgan fingerprint density at radius 2 is 1.47 bits per heavy atom. The van der Waals surface area contributed by atoms with E-state index in [2.05, 4.69) is 0 Å². The van der Waals surface area contributed by atoms with Gasteiger partial charge >= 0.3 is 0 Å². The number of rotatable bonds is 5. The summed E-state index contributed by atoms with van der Waals surface area (Å²) in [5.74, 6) is -1.35. The highest BCUT2D eigenvalue weighted by Crippen LogP contribution is 2.39. The summed E-state index contributed by atoms with van der Waals surface area (Å²) in [7, 11) is 0. The molecule has 1 amide bonds. The lowest BCUT2D eigenvalue weighted by atomic mass is 9.95. The summed E-state index contributed by atoms with van der Waals surface area (Å²) in [5, 5.41) is 11.0. The van der Waals surface area contributed by atoms with Crippen molar-refractivity contribution in [2.75, 3.05) is 6.54 Å². The Bertz CT molecular complexity index is 1090. The number of ketones is 1. The van der Waals surface area contributed by atoms with Crippen LogP contribution in [-0.2, 0) is 16.0 Å². The van der Waals surface area contributed by atoms with Gasteiger partial charge in [-0.2, -0.15) is 0 Å². The number of aliphatic hydroxyl groups is 1. The van der Waals surface area contributed by atoms with E-state index < -0.39 is 17.7 Å². The zero-order valence-electron chi connectivity index (χ0n) is 16.8. The first-order chi connectivity index (χ1) is 14.6. The van der Waals surface area contributed by atoms with Crippen LogP contribution in [0.4, 0.5) is 0 Å². The highest BCUT2D eigenvalue weighted by molar-refractivity contribution is 6.46. The molecule has 1 aliphatic rings. The fourth-order valence-electron chi connectivity index (χ4n) is 3.85. The van der Waals surface area contributed by atoms with E-state index in [1.165, 1.54) is 0 Å². The molecule has 30 heavy (non-hydrogen) atoms. The molecule has 0 saturated carbocycles. The second kappa shape index (κ2) is 8.37. The molecule has 3 aromatic rings. The number of benzene rings is 3. The van der Waals surface area contributed by atoms with Gasteiger partial charge in [0, 0.05) is 12.1 Å². The summed E-state index contributed by atoms with van der Waals surface area (Å²) in [5.41, 5.74) is 3.61. The van der Waals surface area contributed by atoms with Gasteiger partial charge in [0.25, 0.3) is 11.7 Å². The van der Waals surface area contributed by atoms with E-state index in [-0.39, 0.29) is 11.3 Å². The smallest absolute Gasteiger partial charge is 0.295 e. The third-order valence-corrected chi connectivity index (χ3v) is 5.46. The Morgan fingerprint density at radius 1 is 0.867 bits per heavy atom. The molecule has 4 nitrogen and oxygen atoms in total. The highest BCUT2D eigenvalue weighted by Gasteiger charge is 2.45. The molecule has 0 spiro atoms. The van der Waals surface area contributed by atoms with E-state index in [4.69, 9.17) is 0 Å². The first-order valence-corrected chi connectivity index (χ1v) is 10.0. The van der Waals surface area contributed by atoms with E-state index >= 15 is 0 Å². The molecule has 1 N–H and O–H groups in total. The van der Waals surface area contributed by atoms with Crippen molar-refractivity contribution < 1.29 is 14.7 Å². The lowest BCUT2D eigenvalue weighted by Crippen LogP contribution is -2.31. The lowest BCUT2D eigenvalue weighted by Gasteiger charge is -2.25. The SMILES string of the molecule is Cc1ccc(/C(O)=C2\C(=O)C(=O)N(CCc3ccccc3)C2c2ccccc2)cc1. The fourth-order valence-corrected chi connectivity index (χ4v) is 3.85. The summed E-state index contributed by atoms with van der Waals surface area (Å²) in [6.45, 7) is 2.34. The minimum absolute atomic E-state index is 0.135. The largest absolute Gasteiger partial charge is 0.507 e. The summed E-state index contributed by atoms with van der Waals surface area (Å²) in [4.78, 5) is 27.5. The van der Waals surface area contributed by atoms with Gasteiger partial charge in [0.2, 0.25) is 0 Å². The standard InChI is InChI=1S/C26H23NO3/c1-18-12-14-21(15-13-18)24(28)22-23(20-10-6-3-7-11-20)27(26(30)25(22)29)17-16-19-8-4-2-5-9-19/h2-15,23,28H,16-17H2,1H3/b24-22+. The van der Waals surface area contributed by atoms with E-state index in [1.54, 1.807) is 17.0 Å². The van der Waals surface area contributed by atoms with Crippen LogP contribution in [0.25, 0.3) is 5.76 Å². The molecule has 150 valence electrons. The first kappa shape index (κ1) is 19.6. The minimum Gasteiger partial charge on any atom is -0.507 e. The maximum absolute atomic E-state index is 13.0. The number of nitrogens with zero attached hydrogens (tertiary/aromatic N) is 1. The maximum atomic E-state index is 13.0. The number of carbonyl (C=O) groups is 2. The number of hydrogen-bond donors (Lipinski definition) is 1. The van der Waals surface area contributed by atoms with Crippen LogP contribution in [0.2, 0.25) is 0 Å². The third kappa shape index (κ3) is 3.77. The van der Waals surface area contributed by atoms with Gasteiger partial charge in [0.15, 0.2) is 0 Å². The average Bonchev–Trinajstić information content (AvgIpc) is 3.04. The normalized spacial score (nSPS) is 18.0. The summed E-state index contributed by atoms with van der Waals surface area (Å²) in [6.07, 6.45) is 0.627. The van der Waals surface area contributed by atoms with Gasteiger partial charge in [-0.15, -0.1) is 0 Å². The number of likely N-dealkylation sites (tertiary alicyclic amines) is 1. The molecule has 1 aliphatic heterocycles. The van der Waals surface area contributed by atoms with E-state index in [9.17, 15) is 14.7 Å². The van der Waals surface area contributed by atoms with Crippen molar-refractivity contribution in [2.45, 2.75) is 19.4 Å². The molecule has 1 saturated heterocycles. The van der Waals surface area contributed by atoms with Crippen molar-refractivity contribution in [2.24, 2.45) is 0 Å². The Hall–Kier alpha value is -3.66. The molecule has 0 aliphatic carbocycles. The molecule has 1 heterocycles. The Balaban J connectivity index is 1.76. The minimum atomic E-state index is -0.644. The van der Waals surface area contributed by atoms with Crippen LogP contribution >= 0.6 is 0 Å². The molecule has 4 rings (SSSR count). The van der Waals surface area contributed by atoms with E-state index in [0.717, 1.165) is 16.7 Å². The topological polar surface area (TPSA) is 57.6 Å². The molecule has 0 radical (unpaired) electrons. The van der Waals surface area contributed by atoms with Gasteiger partial charge in [0.05, 0.1) is 11.6 Å². The fraction of sp³-hybridized carbons (Fsp3) is 0.154. The molecule has 0 bridgehead atoms. The van der Waals surface area contributed by atoms with Crippen molar-refractivity contribution in [3.63, 3.8) is 0 Å². The zero-order chi connectivity index (χ0) is 21.1. The predicted octanol–water partition coefficient (Wildman–Crippen LogP) is 4.66. The molecule has 3 aromatic carbocycles. The number of amides is 1. The van der Waals surface area contributed by atoms with Crippen molar-refractivity contribution in [1.29, 1.82) is 0 Å². The van der Waals surface area contributed by atoms with Crippen LogP contribution in [0.5, 0.6) is 0 Å². The van der Waals surface area contributed by atoms with Gasteiger partial charge < -0.3 is 10.0 Å².